The minimum atomic E-state index is -2.02. The molecule has 0 radical (unpaired) electrons. The minimum absolute atomic E-state index is 0.217. The van der Waals surface area contributed by atoms with E-state index in [0.29, 0.717) is 5.56 Å². The van der Waals surface area contributed by atoms with Crippen molar-refractivity contribution in [2.75, 3.05) is 5.32 Å². The predicted octanol–water partition coefficient (Wildman–Crippen LogP) is 1.21. The summed E-state index contributed by atoms with van der Waals surface area (Å²) >= 11 is 0. The predicted molar refractivity (Wildman–Crippen MR) is 75.3 cm³/mol. The number of halogens is 2. The number of hydrogen-bond donors (Lipinski definition) is 3. The average Bonchev–Trinajstić information content (AvgIpc) is 2.42. The number of carbonyl (C=O) groups is 1. The van der Waals surface area contributed by atoms with Gasteiger partial charge in [0.05, 0.1) is 5.56 Å². The van der Waals surface area contributed by atoms with Gasteiger partial charge < -0.3 is 15.4 Å². The maximum Gasteiger partial charge on any atom is 0.491 e. The fourth-order valence-electron chi connectivity index (χ4n) is 1.84. The van der Waals surface area contributed by atoms with Crippen molar-refractivity contribution in [2.45, 2.75) is 6.92 Å². The van der Waals surface area contributed by atoms with E-state index in [1.54, 1.807) is 6.92 Å². The lowest BCUT2D eigenvalue weighted by molar-refractivity contribution is 0.102. The van der Waals surface area contributed by atoms with Crippen LogP contribution in [0.3, 0.4) is 0 Å². The molecule has 0 saturated heterocycles. The molecule has 0 fully saturated rings. The summed E-state index contributed by atoms with van der Waals surface area (Å²) in [6.45, 7) is 1.67. The van der Waals surface area contributed by atoms with Crippen LogP contribution in [0, 0.1) is 18.6 Å². The highest BCUT2D eigenvalue weighted by molar-refractivity contribution is 6.58. The molecule has 2 aromatic carbocycles. The molecule has 21 heavy (non-hydrogen) atoms. The first kappa shape index (κ1) is 15.1. The first-order valence-electron chi connectivity index (χ1n) is 6.12. The Morgan fingerprint density at radius 2 is 1.90 bits per heavy atom. The second-order valence-electron chi connectivity index (χ2n) is 4.50. The molecule has 0 aliphatic heterocycles. The van der Waals surface area contributed by atoms with Crippen LogP contribution in [0.4, 0.5) is 14.5 Å². The van der Waals surface area contributed by atoms with Gasteiger partial charge in [0.1, 0.15) is 11.6 Å². The molecule has 0 aliphatic carbocycles. The van der Waals surface area contributed by atoms with E-state index in [9.17, 15) is 13.6 Å². The van der Waals surface area contributed by atoms with Gasteiger partial charge in [-0.3, -0.25) is 4.79 Å². The number of anilines is 1. The van der Waals surface area contributed by atoms with Crippen LogP contribution in [-0.2, 0) is 0 Å². The fourth-order valence-corrected chi connectivity index (χ4v) is 1.84. The number of hydrogen-bond acceptors (Lipinski definition) is 3. The summed E-state index contributed by atoms with van der Waals surface area (Å²) in [5.74, 6) is -2.36. The number of benzene rings is 2. The summed E-state index contributed by atoms with van der Waals surface area (Å²) in [6.07, 6.45) is 0. The zero-order chi connectivity index (χ0) is 15.6. The number of carbonyl (C=O) groups excluding carboxylic acids is 1. The van der Waals surface area contributed by atoms with Crippen molar-refractivity contribution >= 4 is 24.2 Å². The summed E-state index contributed by atoms with van der Waals surface area (Å²) in [5, 5.41) is 20.4. The van der Waals surface area contributed by atoms with Gasteiger partial charge in [-0.2, -0.15) is 0 Å². The van der Waals surface area contributed by atoms with Crippen LogP contribution < -0.4 is 10.8 Å². The normalized spacial score (nSPS) is 10.3. The highest BCUT2D eigenvalue weighted by Crippen LogP contribution is 2.17. The van der Waals surface area contributed by atoms with Crippen molar-refractivity contribution in [1.29, 1.82) is 0 Å². The molecule has 2 rings (SSSR count). The lowest BCUT2D eigenvalue weighted by atomic mass is 9.79. The smallest absolute Gasteiger partial charge is 0.423 e. The van der Waals surface area contributed by atoms with E-state index in [-0.39, 0.29) is 11.3 Å². The Morgan fingerprint density at radius 3 is 2.57 bits per heavy atom. The zero-order valence-electron chi connectivity index (χ0n) is 11.1. The Bertz CT molecular complexity index is 692. The molecule has 3 N–H and O–H groups in total. The van der Waals surface area contributed by atoms with Crippen LogP contribution in [0.5, 0.6) is 0 Å². The van der Waals surface area contributed by atoms with Crippen molar-refractivity contribution in [3.63, 3.8) is 0 Å². The first-order chi connectivity index (χ1) is 9.90. The monoisotopic (exact) mass is 291 g/mol. The second-order valence-corrected chi connectivity index (χ2v) is 4.50. The topological polar surface area (TPSA) is 69.6 Å². The number of aryl methyl sites for hydroxylation is 1. The molecule has 0 unspecified atom stereocenters. The van der Waals surface area contributed by atoms with Gasteiger partial charge in [0, 0.05) is 11.2 Å². The summed E-state index contributed by atoms with van der Waals surface area (Å²) in [4.78, 5) is 12.0. The van der Waals surface area contributed by atoms with E-state index in [2.05, 4.69) is 5.32 Å². The molecule has 0 atom stereocenters. The van der Waals surface area contributed by atoms with Crippen molar-refractivity contribution < 1.29 is 23.6 Å². The SMILES string of the molecule is Cc1ccc(F)cc1NC(=O)c1cccc(B(O)O)c1F. The maximum atomic E-state index is 14.0. The first-order valence-corrected chi connectivity index (χ1v) is 6.12. The number of nitrogens with one attached hydrogen (secondary N) is 1. The van der Waals surface area contributed by atoms with Crippen LogP contribution in [0.1, 0.15) is 15.9 Å². The van der Waals surface area contributed by atoms with Crippen molar-refractivity contribution in [2.24, 2.45) is 0 Å². The van der Waals surface area contributed by atoms with Crippen molar-refractivity contribution in [3.8, 4) is 0 Å². The summed E-state index contributed by atoms with van der Waals surface area (Å²) in [6, 6.07) is 7.53. The molecular weight excluding hydrogens is 279 g/mol. The second kappa shape index (κ2) is 6.03. The quantitative estimate of drug-likeness (QED) is 0.744. The van der Waals surface area contributed by atoms with Gasteiger partial charge >= 0.3 is 7.12 Å². The third-order valence-electron chi connectivity index (χ3n) is 3.00. The Hall–Kier alpha value is -2.25. The standard InChI is InChI=1S/C14H12BF2NO3/c1-8-5-6-9(16)7-12(8)18-14(19)10-3-2-4-11(13(10)17)15(20)21/h2-7,20-21H,1H3,(H,18,19). The van der Waals surface area contributed by atoms with Crippen LogP contribution in [0.15, 0.2) is 36.4 Å². The van der Waals surface area contributed by atoms with Crippen molar-refractivity contribution in [3.05, 3.63) is 59.2 Å². The molecular formula is C14H12BF2NO3. The van der Waals surface area contributed by atoms with Gasteiger partial charge in [0.2, 0.25) is 0 Å². The Balaban J connectivity index is 2.33. The van der Waals surface area contributed by atoms with Gasteiger partial charge in [-0.1, -0.05) is 18.2 Å². The summed E-state index contributed by atoms with van der Waals surface area (Å²) in [5.41, 5.74) is 0.0701. The Kier molecular flexibility index (Phi) is 4.35. The van der Waals surface area contributed by atoms with Gasteiger partial charge in [0.25, 0.3) is 5.91 Å². The Labute approximate surface area is 120 Å². The van der Waals surface area contributed by atoms with Crippen LogP contribution in [0.25, 0.3) is 0 Å². The summed E-state index contributed by atoms with van der Waals surface area (Å²) in [7, 11) is -2.02. The minimum Gasteiger partial charge on any atom is -0.423 e. The number of amides is 1. The van der Waals surface area contributed by atoms with E-state index in [1.165, 1.54) is 24.3 Å². The van der Waals surface area contributed by atoms with E-state index in [1.807, 2.05) is 0 Å². The molecule has 0 saturated carbocycles. The Morgan fingerprint density at radius 1 is 1.19 bits per heavy atom. The van der Waals surface area contributed by atoms with Crippen LogP contribution in [0.2, 0.25) is 0 Å². The molecule has 0 heterocycles. The highest BCUT2D eigenvalue weighted by Gasteiger charge is 2.22. The van der Waals surface area contributed by atoms with Gasteiger partial charge in [-0.15, -0.1) is 0 Å². The van der Waals surface area contributed by atoms with Crippen molar-refractivity contribution in [1.82, 2.24) is 0 Å². The van der Waals surface area contributed by atoms with Gasteiger partial charge in [-0.05, 0) is 30.7 Å². The largest absolute Gasteiger partial charge is 0.491 e. The number of rotatable bonds is 3. The van der Waals surface area contributed by atoms with Gasteiger partial charge in [-0.25, -0.2) is 8.78 Å². The van der Waals surface area contributed by atoms with Crippen LogP contribution in [-0.4, -0.2) is 23.1 Å². The van der Waals surface area contributed by atoms with E-state index < -0.39 is 30.1 Å². The third-order valence-corrected chi connectivity index (χ3v) is 3.00. The lowest BCUT2D eigenvalue weighted by Gasteiger charge is -2.10. The molecule has 7 heteroatoms. The highest BCUT2D eigenvalue weighted by atomic mass is 19.1. The molecule has 0 bridgehead atoms. The van der Waals surface area contributed by atoms with E-state index >= 15 is 0 Å². The molecule has 1 amide bonds. The molecule has 108 valence electrons. The van der Waals surface area contributed by atoms with E-state index in [0.717, 1.165) is 12.1 Å². The molecule has 0 aromatic heterocycles. The lowest BCUT2D eigenvalue weighted by Crippen LogP contribution is -2.34. The zero-order valence-corrected chi connectivity index (χ0v) is 11.1. The van der Waals surface area contributed by atoms with Gasteiger partial charge in [0.15, 0.2) is 0 Å². The fraction of sp³-hybridized carbons (Fsp3) is 0.0714. The molecule has 0 aliphatic rings. The molecule has 4 nitrogen and oxygen atoms in total. The van der Waals surface area contributed by atoms with E-state index in [4.69, 9.17) is 10.0 Å². The summed E-state index contributed by atoms with van der Waals surface area (Å²) < 4.78 is 27.2. The average molecular weight is 291 g/mol. The third kappa shape index (κ3) is 3.26. The molecule has 2 aromatic rings. The maximum absolute atomic E-state index is 14.0. The molecule has 0 spiro atoms. The van der Waals surface area contributed by atoms with Crippen LogP contribution >= 0.6 is 0 Å².